The van der Waals surface area contributed by atoms with Gasteiger partial charge in [0.05, 0.1) is 18.7 Å². The maximum atomic E-state index is 12.3. The maximum Gasteiger partial charge on any atom is 0.246 e. The number of nitriles is 1. The number of rotatable bonds is 5. The molecule has 0 unspecified atom stereocenters. The van der Waals surface area contributed by atoms with Crippen molar-refractivity contribution in [3.05, 3.63) is 66.4 Å². The summed E-state index contributed by atoms with van der Waals surface area (Å²) in [5.41, 5.74) is 4.22. The van der Waals surface area contributed by atoms with E-state index in [1.165, 1.54) is 0 Å². The van der Waals surface area contributed by atoms with E-state index in [0.29, 0.717) is 17.9 Å². The third kappa shape index (κ3) is 3.73. The van der Waals surface area contributed by atoms with E-state index in [4.69, 9.17) is 5.26 Å². The Kier molecular flexibility index (Phi) is 4.56. The molecule has 1 N–H and O–H groups in total. The Labute approximate surface area is 161 Å². The first kappa shape index (κ1) is 17.4. The fourth-order valence-electron chi connectivity index (χ4n) is 2.92. The minimum absolute atomic E-state index is 0.103. The van der Waals surface area contributed by atoms with Gasteiger partial charge in [-0.3, -0.25) is 9.48 Å². The van der Waals surface area contributed by atoms with Crippen LogP contribution in [0, 0.1) is 18.3 Å². The van der Waals surface area contributed by atoms with E-state index >= 15 is 0 Å². The van der Waals surface area contributed by atoms with Gasteiger partial charge in [-0.1, -0.05) is 12.1 Å². The third-order valence-corrected chi connectivity index (χ3v) is 4.24. The first-order valence-corrected chi connectivity index (χ1v) is 8.72. The number of carbonyl (C=O) groups is 1. The highest BCUT2D eigenvalue weighted by Gasteiger charge is 2.08. The number of benzene rings is 1. The zero-order valence-electron chi connectivity index (χ0n) is 15.2. The minimum atomic E-state index is -0.175. The third-order valence-electron chi connectivity index (χ3n) is 4.24. The van der Waals surface area contributed by atoms with Gasteiger partial charge in [-0.15, -0.1) is 0 Å². The summed E-state index contributed by atoms with van der Waals surface area (Å²) in [5.74, 6) is 0.538. The second-order valence-electron chi connectivity index (χ2n) is 6.38. The van der Waals surface area contributed by atoms with Gasteiger partial charge in [-0.05, 0) is 42.3 Å². The summed E-state index contributed by atoms with van der Waals surface area (Å²) >= 11 is 0. The average molecular weight is 371 g/mol. The molecule has 0 fully saturated rings. The van der Waals surface area contributed by atoms with E-state index < -0.39 is 0 Å². The van der Waals surface area contributed by atoms with Gasteiger partial charge in [0.1, 0.15) is 12.4 Å². The molecule has 0 aliphatic rings. The molecule has 0 bridgehead atoms. The first-order chi connectivity index (χ1) is 13.6. The zero-order chi connectivity index (χ0) is 19.5. The van der Waals surface area contributed by atoms with E-state index in [2.05, 4.69) is 26.6 Å². The summed E-state index contributed by atoms with van der Waals surface area (Å²) in [5, 5.41) is 20.1. The second kappa shape index (κ2) is 7.32. The Balaban J connectivity index is 1.43. The molecule has 0 spiro atoms. The normalized spacial score (nSPS) is 10.7. The molecular formula is C20H17N7O. The fourth-order valence-corrected chi connectivity index (χ4v) is 2.92. The second-order valence-corrected chi connectivity index (χ2v) is 6.38. The van der Waals surface area contributed by atoms with Crippen LogP contribution < -0.4 is 5.32 Å². The Morgan fingerprint density at radius 2 is 2.04 bits per heavy atom. The number of carbonyl (C=O) groups excluding carboxylic acids is 1. The Bertz CT molecular complexity index is 1180. The highest BCUT2D eigenvalue weighted by atomic mass is 16.2. The number of nitrogens with zero attached hydrogens (tertiary/aromatic N) is 6. The predicted molar refractivity (Wildman–Crippen MR) is 103 cm³/mol. The maximum absolute atomic E-state index is 12.3. The highest BCUT2D eigenvalue weighted by Crippen LogP contribution is 2.20. The number of pyridine rings is 1. The Morgan fingerprint density at radius 1 is 1.21 bits per heavy atom. The Morgan fingerprint density at radius 3 is 2.82 bits per heavy atom. The molecule has 28 heavy (non-hydrogen) atoms. The van der Waals surface area contributed by atoms with Gasteiger partial charge < -0.3 is 5.32 Å². The average Bonchev–Trinajstić information content (AvgIpc) is 3.28. The molecule has 0 saturated carbocycles. The van der Waals surface area contributed by atoms with Crippen molar-refractivity contribution in [2.24, 2.45) is 0 Å². The topological polar surface area (TPSA) is 101 Å². The van der Waals surface area contributed by atoms with Crippen LogP contribution in [0.2, 0.25) is 0 Å². The number of hydrogen-bond donors (Lipinski definition) is 1. The molecule has 3 aromatic heterocycles. The molecule has 8 heteroatoms. The van der Waals surface area contributed by atoms with Gasteiger partial charge in [0.2, 0.25) is 5.91 Å². The number of fused-ring (bicyclic) bond motifs is 1. The molecular weight excluding hydrogens is 354 g/mol. The molecule has 1 aromatic carbocycles. The van der Waals surface area contributed by atoms with E-state index in [0.717, 1.165) is 22.3 Å². The molecule has 0 aliphatic heterocycles. The minimum Gasteiger partial charge on any atom is -0.324 e. The number of aromatic nitrogens is 5. The van der Waals surface area contributed by atoms with Gasteiger partial charge in [0.25, 0.3) is 0 Å². The number of amides is 1. The largest absolute Gasteiger partial charge is 0.324 e. The lowest BCUT2D eigenvalue weighted by molar-refractivity contribution is -0.116. The highest BCUT2D eigenvalue weighted by molar-refractivity contribution is 5.90. The molecule has 0 saturated heterocycles. The van der Waals surface area contributed by atoms with Crippen molar-refractivity contribution in [1.29, 1.82) is 5.26 Å². The van der Waals surface area contributed by atoms with Crippen LogP contribution in [0.3, 0.4) is 0 Å². The molecule has 8 nitrogen and oxygen atoms in total. The van der Waals surface area contributed by atoms with Gasteiger partial charge in [0.15, 0.2) is 5.65 Å². The van der Waals surface area contributed by atoms with Crippen LogP contribution in [0.15, 0.2) is 55.0 Å². The van der Waals surface area contributed by atoms with Gasteiger partial charge in [-0.2, -0.15) is 15.5 Å². The van der Waals surface area contributed by atoms with Gasteiger partial charge in [0, 0.05) is 23.6 Å². The van der Waals surface area contributed by atoms with Crippen molar-refractivity contribution in [3.63, 3.8) is 0 Å². The van der Waals surface area contributed by atoms with Crippen molar-refractivity contribution in [2.75, 3.05) is 5.32 Å². The van der Waals surface area contributed by atoms with Crippen LogP contribution in [-0.4, -0.2) is 30.3 Å². The van der Waals surface area contributed by atoms with Crippen LogP contribution in [0.5, 0.6) is 0 Å². The van der Waals surface area contributed by atoms with Crippen LogP contribution >= 0.6 is 0 Å². The SMILES string of the molecule is Cc1nc2cc(-c3cnn(CC(=O)Nc4ccc(CC#N)cc4)c3)ccn2n1. The molecule has 138 valence electrons. The van der Waals surface area contributed by atoms with Crippen molar-refractivity contribution < 1.29 is 4.79 Å². The summed E-state index contributed by atoms with van der Waals surface area (Å²) in [4.78, 5) is 16.6. The number of aryl methyl sites for hydroxylation is 1. The Hall–Kier alpha value is -3.99. The van der Waals surface area contributed by atoms with E-state index in [1.54, 1.807) is 27.5 Å². The lowest BCUT2D eigenvalue weighted by Gasteiger charge is -2.06. The van der Waals surface area contributed by atoms with Gasteiger partial charge in [-0.25, -0.2) is 9.50 Å². The van der Waals surface area contributed by atoms with Crippen LogP contribution in [0.25, 0.3) is 16.8 Å². The lowest BCUT2D eigenvalue weighted by Crippen LogP contribution is -2.18. The van der Waals surface area contributed by atoms with Crippen LogP contribution in [0.4, 0.5) is 5.69 Å². The van der Waals surface area contributed by atoms with Crippen molar-refractivity contribution in [1.82, 2.24) is 24.4 Å². The fraction of sp³-hybridized carbons (Fsp3) is 0.150. The van der Waals surface area contributed by atoms with Crippen molar-refractivity contribution in [3.8, 4) is 17.2 Å². The number of hydrogen-bond acceptors (Lipinski definition) is 5. The molecule has 3 heterocycles. The number of anilines is 1. The monoisotopic (exact) mass is 371 g/mol. The standard InChI is InChI=1S/C20H17N7O/c1-14-23-19-10-16(7-9-27(19)25-14)17-11-22-26(12-17)13-20(28)24-18-4-2-15(3-5-18)6-8-21/h2-5,7,9-12H,6,13H2,1H3,(H,24,28). The van der Waals surface area contributed by atoms with E-state index in [1.807, 2.05) is 43.6 Å². The van der Waals surface area contributed by atoms with Crippen LogP contribution in [0.1, 0.15) is 11.4 Å². The molecule has 4 rings (SSSR count). The quantitative estimate of drug-likeness (QED) is 0.581. The summed E-state index contributed by atoms with van der Waals surface area (Å²) in [6.07, 6.45) is 5.75. The number of nitrogens with one attached hydrogen (secondary N) is 1. The van der Waals surface area contributed by atoms with E-state index in [-0.39, 0.29) is 12.5 Å². The van der Waals surface area contributed by atoms with Crippen LogP contribution in [-0.2, 0) is 17.8 Å². The molecule has 4 aromatic rings. The zero-order valence-corrected chi connectivity index (χ0v) is 15.2. The summed E-state index contributed by atoms with van der Waals surface area (Å²) in [6, 6.07) is 13.2. The predicted octanol–water partition coefficient (Wildman–Crippen LogP) is 2.61. The summed E-state index contributed by atoms with van der Waals surface area (Å²) in [7, 11) is 0. The van der Waals surface area contributed by atoms with Crippen molar-refractivity contribution >= 4 is 17.2 Å². The first-order valence-electron chi connectivity index (χ1n) is 8.72. The van der Waals surface area contributed by atoms with E-state index in [9.17, 15) is 4.79 Å². The van der Waals surface area contributed by atoms with Gasteiger partial charge >= 0.3 is 0 Å². The summed E-state index contributed by atoms with van der Waals surface area (Å²) in [6.45, 7) is 1.95. The molecule has 0 atom stereocenters. The molecule has 0 aliphatic carbocycles. The van der Waals surface area contributed by atoms with Crippen molar-refractivity contribution in [2.45, 2.75) is 19.9 Å². The lowest BCUT2D eigenvalue weighted by atomic mass is 10.1. The summed E-state index contributed by atoms with van der Waals surface area (Å²) < 4.78 is 3.31. The molecule has 1 amide bonds. The molecule has 0 radical (unpaired) electrons. The smallest absolute Gasteiger partial charge is 0.246 e.